The third-order valence-electron chi connectivity index (χ3n) is 3.30. The van der Waals surface area contributed by atoms with E-state index in [9.17, 15) is 9.90 Å². The number of hydrogen-bond acceptors (Lipinski definition) is 3. The van der Waals surface area contributed by atoms with Crippen LogP contribution in [0.15, 0.2) is 48.5 Å². The predicted octanol–water partition coefficient (Wildman–Crippen LogP) is 4.71. The summed E-state index contributed by atoms with van der Waals surface area (Å²) in [6, 6.07) is 12.7. The van der Waals surface area contributed by atoms with E-state index in [4.69, 9.17) is 12.2 Å². The summed E-state index contributed by atoms with van der Waals surface area (Å²) in [4.78, 5) is 12.5. The van der Waals surface area contributed by atoms with Crippen LogP contribution in [0.4, 0.5) is 5.69 Å². The normalized spacial score (nSPS) is 11.2. The SMILES string of the molecule is Cc1ccc(/C(O)=C/C(=O)c2cc(C)ccc2NC(=S)S)cc1. The molecule has 23 heavy (non-hydrogen) atoms. The number of nitrogens with one attached hydrogen (secondary N) is 1. The van der Waals surface area contributed by atoms with Crippen LogP contribution in [0.2, 0.25) is 0 Å². The van der Waals surface area contributed by atoms with Gasteiger partial charge in [0.2, 0.25) is 0 Å². The van der Waals surface area contributed by atoms with E-state index in [1.54, 1.807) is 24.3 Å². The average molecular weight is 343 g/mol. The van der Waals surface area contributed by atoms with Crippen LogP contribution < -0.4 is 5.32 Å². The highest BCUT2D eigenvalue weighted by Gasteiger charge is 2.12. The van der Waals surface area contributed by atoms with E-state index in [2.05, 4.69) is 17.9 Å². The minimum Gasteiger partial charge on any atom is -0.507 e. The molecule has 0 radical (unpaired) electrons. The molecule has 2 N–H and O–H groups in total. The minimum absolute atomic E-state index is 0.0732. The van der Waals surface area contributed by atoms with E-state index >= 15 is 0 Å². The summed E-state index contributed by atoms with van der Waals surface area (Å²) in [5.74, 6) is -0.380. The Morgan fingerprint density at radius 1 is 1.13 bits per heavy atom. The van der Waals surface area contributed by atoms with Crippen molar-refractivity contribution in [3.63, 3.8) is 0 Å². The first-order valence-electron chi connectivity index (χ1n) is 6.99. The fourth-order valence-electron chi connectivity index (χ4n) is 2.10. The molecular formula is C18H17NO2S2. The van der Waals surface area contributed by atoms with Crippen LogP contribution in [-0.4, -0.2) is 15.2 Å². The monoisotopic (exact) mass is 343 g/mol. The second-order valence-electron chi connectivity index (χ2n) is 5.24. The van der Waals surface area contributed by atoms with Crippen molar-refractivity contribution in [1.29, 1.82) is 0 Å². The van der Waals surface area contributed by atoms with E-state index in [0.717, 1.165) is 11.1 Å². The topological polar surface area (TPSA) is 49.3 Å². The van der Waals surface area contributed by atoms with E-state index in [-0.39, 0.29) is 15.9 Å². The smallest absolute Gasteiger partial charge is 0.191 e. The highest BCUT2D eigenvalue weighted by molar-refractivity contribution is 8.11. The lowest BCUT2D eigenvalue weighted by Gasteiger charge is -2.10. The van der Waals surface area contributed by atoms with Crippen LogP contribution in [-0.2, 0) is 0 Å². The number of carbonyl (C=O) groups is 1. The Labute approximate surface area is 146 Å². The Morgan fingerprint density at radius 3 is 2.35 bits per heavy atom. The molecule has 0 bridgehead atoms. The minimum atomic E-state index is -0.307. The maximum atomic E-state index is 12.5. The molecule has 0 unspecified atom stereocenters. The molecule has 0 atom stereocenters. The van der Waals surface area contributed by atoms with Crippen molar-refractivity contribution in [2.75, 3.05) is 5.32 Å². The number of rotatable bonds is 4. The van der Waals surface area contributed by atoms with Crippen molar-refractivity contribution in [3.05, 3.63) is 70.8 Å². The van der Waals surface area contributed by atoms with Crippen LogP contribution in [0.1, 0.15) is 27.0 Å². The Hall–Kier alpha value is -2.11. The van der Waals surface area contributed by atoms with Gasteiger partial charge in [0.1, 0.15) is 10.1 Å². The molecule has 0 aliphatic heterocycles. The van der Waals surface area contributed by atoms with Gasteiger partial charge in [-0.2, -0.15) is 0 Å². The second-order valence-corrected chi connectivity index (χ2v) is 6.40. The lowest BCUT2D eigenvalue weighted by Crippen LogP contribution is -2.08. The van der Waals surface area contributed by atoms with Crippen LogP contribution in [0.25, 0.3) is 5.76 Å². The number of hydrogen-bond donors (Lipinski definition) is 3. The molecule has 0 saturated carbocycles. The maximum absolute atomic E-state index is 12.5. The van der Waals surface area contributed by atoms with Crippen molar-refractivity contribution in [3.8, 4) is 0 Å². The number of ketones is 1. The van der Waals surface area contributed by atoms with Gasteiger partial charge in [-0.3, -0.25) is 4.79 Å². The molecule has 2 aromatic carbocycles. The highest BCUT2D eigenvalue weighted by atomic mass is 32.1. The Morgan fingerprint density at radius 2 is 1.74 bits per heavy atom. The number of aliphatic hydroxyl groups is 1. The fraction of sp³-hybridized carbons (Fsp3) is 0.111. The van der Waals surface area contributed by atoms with Crippen LogP contribution in [0.5, 0.6) is 0 Å². The number of benzene rings is 2. The number of aliphatic hydroxyl groups excluding tert-OH is 1. The lowest BCUT2D eigenvalue weighted by atomic mass is 10.0. The molecule has 0 spiro atoms. The zero-order valence-corrected chi connectivity index (χ0v) is 14.5. The van der Waals surface area contributed by atoms with Crippen LogP contribution in [0, 0.1) is 13.8 Å². The van der Waals surface area contributed by atoms with E-state index in [1.807, 2.05) is 32.0 Å². The first-order chi connectivity index (χ1) is 10.9. The number of carbonyl (C=O) groups excluding carboxylic acids is 1. The summed E-state index contributed by atoms with van der Waals surface area (Å²) >= 11 is 8.94. The summed E-state index contributed by atoms with van der Waals surface area (Å²) in [6.45, 7) is 3.85. The number of aryl methyl sites for hydroxylation is 2. The second kappa shape index (κ2) is 7.44. The molecule has 2 aromatic rings. The van der Waals surface area contributed by atoms with Gasteiger partial charge in [0, 0.05) is 17.2 Å². The van der Waals surface area contributed by atoms with Crippen molar-refractivity contribution < 1.29 is 9.90 Å². The average Bonchev–Trinajstić information content (AvgIpc) is 2.49. The van der Waals surface area contributed by atoms with Crippen LogP contribution >= 0.6 is 24.8 Å². The van der Waals surface area contributed by atoms with Crippen molar-refractivity contribution in [1.82, 2.24) is 0 Å². The van der Waals surface area contributed by atoms with Gasteiger partial charge in [-0.15, -0.1) is 12.6 Å². The Bertz CT molecular complexity index is 780. The van der Waals surface area contributed by atoms with Crippen molar-refractivity contribution in [2.24, 2.45) is 0 Å². The van der Waals surface area contributed by atoms with Crippen molar-refractivity contribution >= 4 is 46.4 Å². The molecule has 0 aliphatic carbocycles. The zero-order chi connectivity index (χ0) is 17.0. The molecule has 0 fully saturated rings. The summed E-state index contributed by atoms with van der Waals surface area (Å²) in [5.41, 5.74) is 3.61. The first kappa shape index (κ1) is 17.2. The Balaban J connectivity index is 2.36. The van der Waals surface area contributed by atoms with Gasteiger partial charge in [0.25, 0.3) is 0 Å². The molecule has 0 heterocycles. The van der Waals surface area contributed by atoms with Gasteiger partial charge in [-0.25, -0.2) is 0 Å². The molecule has 3 nitrogen and oxygen atoms in total. The predicted molar refractivity (Wildman–Crippen MR) is 103 cm³/mol. The molecule has 0 aliphatic rings. The summed E-state index contributed by atoms with van der Waals surface area (Å²) < 4.78 is 0.273. The maximum Gasteiger partial charge on any atom is 0.191 e. The number of thiocarbonyl (C=S) groups is 1. The zero-order valence-electron chi connectivity index (χ0n) is 12.8. The molecule has 2 rings (SSSR count). The third-order valence-corrected chi connectivity index (χ3v) is 3.51. The van der Waals surface area contributed by atoms with E-state index in [0.29, 0.717) is 16.8 Å². The molecule has 0 aromatic heterocycles. The fourth-order valence-corrected chi connectivity index (χ4v) is 2.33. The largest absolute Gasteiger partial charge is 0.507 e. The quantitative estimate of drug-likeness (QED) is 0.247. The van der Waals surface area contributed by atoms with E-state index < -0.39 is 0 Å². The molecule has 0 saturated heterocycles. The van der Waals surface area contributed by atoms with Gasteiger partial charge >= 0.3 is 0 Å². The number of thiol groups is 1. The van der Waals surface area contributed by atoms with E-state index in [1.165, 1.54) is 6.08 Å². The third kappa shape index (κ3) is 4.68. The molecular weight excluding hydrogens is 326 g/mol. The van der Waals surface area contributed by atoms with Crippen molar-refractivity contribution in [2.45, 2.75) is 13.8 Å². The molecule has 118 valence electrons. The Kier molecular flexibility index (Phi) is 5.58. The van der Waals surface area contributed by atoms with Gasteiger partial charge in [-0.05, 0) is 26.0 Å². The van der Waals surface area contributed by atoms with Gasteiger partial charge in [0.05, 0.1) is 5.69 Å². The summed E-state index contributed by atoms with van der Waals surface area (Å²) in [6.07, 6.45) is 1.21. The summed E-state index contributed by atoms with van der Waals surface area (Å²) in [7, 11) is 0. The summed E-state index contributed by atoms with van der Waals surface area (Å²) in [5, 5.41) is 13.0. The van der Waals surface area contributed by atoms with Gasteiger partial charge in [-0.1, -0.05) is 53.7 Å². The number of allylic oxidation sites excluding steroid dienone is 1. The first-order valence-corrected chi connectivity index (χ1v) is 7.85. The molecule has 5 heteroatoms. The van der Waals surface area contributed by atoms with Gasteiger partial charge in [0.15, 0.2) is 5.78 Å². The standard InChI is InChI=1S/C18H17NO2S2/c1-11-3-6-13(7-4-11)16(20)10-17(21)14-9-12(2)5-8-15(14)19-18(22)23/h3-10,20H,1-2H3,(H2,19,22,23)/b16-10-. The molecule has 0 amide bonds. The lowest BCUT2D eigenvalue weighted by molar-refractivity contribution is 0.104. The highest BCUT2D eigenvalue weighted by Crippen LogP contribution is 2.21. The number of anilines is 1. The van der Waals surface area contributed by atoms with Crippen LogP contribution in [0.3, 0.4) is 0 Å². The van der Waals surface area contributed by atoms with Gasteiger partial charge < -0.3 is 10.4 Å².